The Kier molecular flexibility index (Phi) is 6.40. The van der Waals surface area contributed by atoms with Crippen molar-refractivity contribution in [2.75, 3.05) is 21.5 Å². The van der Waals surface area contributed by atoms with E-state index in [4.69, 9.17) is 11.6 Å². The zero-order chi connectivity index (χ0) is 23.6. The molecule has 0 spiro atoms. The van der Waals surface area contributed by atoms with Gasteiger partial charge < -0.3 is 10.2 Å². The monoisotopic (exact) mass is 483 g/mol. The summed E-state index contributed by atoms with van der Waals surface area (Å²) in [4.78, 5) is 26.2. The summed E-state index contributed by atoms with van der Waals surface area (Å²) in [6.07, 6.45) is 1.37. The highest BCUT2D eigenvalue weighted by Crippen LogP contribution is 2.27. The molecule has 0 unspecified atom stereocenters. The maximum absolute atomic E-state index is 12.9. The van der Waals surface area contributed by atoms with E-state index in [1.54, 1.807) is 47.4 Å². The number of sulfonamides is 1. The maximum atomic E-state index is 12.9. The fourth-order valence-electron chi connectivity index (χ4n) is 3.62. The molecule has 3 aromatic carbocycles. The third kappa shape index (κ3) is 5.18. The molecule has 1 aliphatic rings. The highest BCUT2D eigenvalue weighted by molar-refractivity contribution is 7.92. The van der Waals surface area contributed by atoms with Gasteiger partial charge in [0.25, 0.3) is 15.9 Å². The molecule has 9 heteroatoms. The Morgan fingerprint density at radius 1 is 1.00 bits per heavy atom. The van der Waals surface area contributed by atoms with Crippen LogP contribution in [0.3, 0.4) is 0 Å². The molecule has 2 amide bonds. The van der Waals surface area contributed by atoms with Crippen molar-refractivity contribution in [3.05, 3.63) is 82.9 Å². The molecule has 170 valence electrons. The number of nitrogens with zero attached hydrogens (tertiary/aromatic N) is 1. The number of aryl methyl sites for hydroxylation is 1. The molecular formula is C24H22ClN3O4S. The second-order valence-corrected chi connectivity index (χ2v) is 9.83. The van der Waals surface area contributed by atoms with Gasteiger partial charge in [-0.1, -0.05) is 23.7 Å². The first kappa shape index (κ1) is 22.8. The number of benzene rings is 3. The summed E-state index contributed by atoms with van der Waals surface area (Å²) in [5.41, 5.74) is 2.74. The van der Waals surface area contributed by atoms with Crippen LogP contribution in [0.25, 0.3) is 0 Å². The van der Waals surface area contributed by atoms with Crippen LogP contribution in [0.2, 0.25) is 5.02 Å². The van der Waals surface area contributed by atoms with Crippen LogP contribution in [0.5, 0.6) is 0 Å². The predicted molar refractivity (Wildman–Crippen MR) is 129 cm³/mol. The van der Waals surface area contributed by atoms with Crippen LogP contribution in [0.4, 0.5) is 17.1 Å². The van der Waals surface area contributed by atoms with E-state index in [1.165, 1.54) is 18.2 Å². The average Bonchev–Trinajstić information content (AvgIpc) is 3.20. The molecule has 0 saturated carbocycles. The Morgan fingerprint density at radius 3 is 2.42 bits per heavy atom. The number of rotatable bonds is 6. The normalized spacial score (nSPS) is 13.8. The summed E-state index contributed by atoms with van der Waals surface area (Å²) < 4.78 is 28.3. The quantitative estimate of drug-likeness (QED) is 0.525. The lowest BCUT2D eigenvalue weighted by atomic mass is 10.2. The van der Waals surface area contributed by atoms with Crippen LogP contribution in [0, 0.1) is 6.92 Å². The van der Waals surface area contributed by atoms with Gasteiger partial charge in [0.2, 0.25) is 5.91 Å². The molecule has 4 rings (SSSR count). The zero-order valence-corrected chi connectivity index (χ0v) is 19.4. The van der Waals surface area contributed by atoms with Gasteiger partial charge in [0.1, 0.15) is 4.90 Å². The Morgan fingerprint density at radius 2 is 1.76 bits per heavy atom. The van der Waals surface area contributed by atoms with E-state index in [-0.39, 0.29) is 21.4 Å². The van der Waals surface area contributed by atoms with Gasteiger partial charge in [0.15, 0.2) is 0 Å². The first-order chi connectivity index (χ1) is 15.7. The van der Waals surface area contributed by atoms with E-state index >= 15 is 0 Å². The fraction of sp³-hybridized carbons (Fsp3) is 0.167. The molecule has 1 aliphatic heterocycles. The summed E-state index contributed by atoms with van der Waals surface area (Å²) in [6, 6.07) is 17.9. The number of hydrogen-bond donors (Lipinski definition) is 2. The van der Waals surface area contributed by atoms with Gasteiger partial charge in [-0.15, -0.1) is 0 Å². The molecule has 2 N–H and O–H groups in total. The molecule has 1 saturated heterocycles. The Labute approximate surface area is 197 Å². The predicted octanol–water partition coefficient (Wildman–Crippen LogP) is 4.83. The lowest BCUT2D eigenvalue weighted by molar-refractivity contribution is -0.117. The van der Waals surface area contributed by atoms with Gasteiger partial charge in [-0.2, -0.15) is 0 Å². The van der Waals surface area contributed by atoms with Gasteiger partial charge >= 0.3 is 0 Å². The van der Waals surface area contributed by atoms with Crippen molar-refractivity contribution in [1.82, 2.24) is 0 Å². The summed E-state index contributed by atoms with van der Waals surface area (Å²) in [6.45, 7) is 2.54. The van der Waals surface area contributed by atoms with E-state index in [0.29, 0.717) is 24.3 Å². The molecule has 0 atom stereocenters. The molecule has 0 aliphatic carbocycles. The standard InChI is InChI=1S/C24H22ClN3O4S/c1-16-4-2-5-19(14-16)27-33(31,32)22-15-17(7-12-21(22)25)24(30)26-18-8-10-20(11-9-18)28-13-3-6-23(28)29/h2,4-5,7-12,14-15,27H,3,6,13H2,1H3,(H,26,30). The Bertz CT molecular complexity index is 1320. The topological polar surface area (TPSA) is 95.6 Å². The molecule has 0 aromatic heterocycles. The number of amides is 2. The van der Waals surface area contributed by atoms with Crippen LogP contribution in [-0.2, 0) is 14.8 Å². The van der Waals surface area contributed by atoms with Crippen molar-refractivity contribution in [3.63, 3.8) is 0 Å². The second kappa shape index (κ2) is 9.25. The molecule has 3 aromatic rings. The van der Waals surface area contributed by atoms with E-state index in [9.17, 15) is 18.0 Å². The second-order valence-electron chi connectivity index (χ2n) is 7.77. The van der Waals surface area contributed by atoms with Crippen LogP contribution >= 0.6 is 11.6 Å². The highest BCUT2D eigenvalue weighted by atomic mass is 35.5. The maximum Gasteiger partial charge on any atom is 0.263 e. The van der Waals surface area contributed by atoms with Crippen LogP contribution in [-0.4, -0.2) is 26.8 Å². The molecule has 33 heavy (non-hydrogen) atoms. The molecular weight excluding hydrogens is 462 g/mol. The SMILES string of the molecule is Cc1cccc(NS(=O)(=O)c2cc(C(=O)Nc3ccc(N4CCCC4=O)cc3)ccc2Cl)c1. The summed E-state index contributed by atoms with van der Waals surface area (Å²) in [5.74, 6) is -0.398. The fourth-order valence-corrected chi connectivity index (χ4v) is 5.19. The van der Waals surface area contributed by atoms with E-state index < -0.39 is 15.9 Å². The van der Waals surface area contributed by atoms with E-state index in [0.717, 1.165) is 17.7 Å². The average molecular weight is 484 g/mol. The first-order valence-electron chi connectivity index (χ1n) is 10.3. The molecule has 0 radical (unpaired) electrons. The number of nitrogens with one attached hydrogen (secondary N) is 2. The lowest BCUT2D eigenvalue weighted by Gasteiger charge is -2.16. The van der Waals surface area contributed by atoms with Gasteiger partial charge in [0, 0.05) is 35.6 Å². The molecule has 1 heterocycles. The largest absolute Gasteiger partial charge is 0.322 e. The van der Waals surface area contributed by atoms with E-state index in [1.807, 2.05) is 13.0 Å². The van der Waals surface area contributed by atoms with Gasteiger partial charge in [-0.05, 0) is 73.5 Å². The smallest absolute Gasteiger partial charge is 0.263 e. The van der Waals surface area contributed by atoms with Gasteiger partial charge in [-0.25, -0.2) is 8.42 Å². The summed E-state index contributed by atoms with van der Waals surface area (Å²) in [7, 11) is -4.01. The summed E-state index contributed by atoms with van der Waals surface area (Å²) >= 11 is 6.15. The summed E-state index contributed by atoms with van der Waals surface area (Å²) in [5, 5.41) is 2.75. The van der Waals surface area contributed by atoms with Crippen LogP contribution in [0.15, 0.2) is 71.6 Å². The van der Waals surface area contributed by atoms with Crippen molar-refractivity contribution in [2.24, 2.45) is 0 Å². The third-order valence-corrected chi connectivity index (χ3v) is 7.13. The van der Waals surface area contributed by atoms with Crippen molar-refractivity contribution >= 4 is 50.5 Å². The Hall–Kier alpha value is -3.36. The van der Waals surface area contributed by atoms with Crippen molar-refractivity contribution in [1.29, 1.82) is 0 Å². The van der Waals surface area contributed by atoms with Gasteiger partial charge in [-0.3, -0.25) is 14.3 Å². The molecule has 7 nitrogen and oxygen atoms in total. The van der Waals surface area contributed by atoms with Crippen LogP contribution < -0.4 is 14.9 Å². The number of halogens is 1. The third-order valence-electron chi connectivity index (χ3n) is 5.26. The van der Waals surface area contributed by atoms with Crippen LogP contribution in [0.1, 0.15) is 28.8 Å². The first-order valence-corrected chi connectivity index (χ1v) is 12.2. The minimum atomic E-state index is -4.01. The number of anilines is 3. The Balaban J connectivity index is 1.52. The van der Waals surface area contributed by atoms with Crippen molar-refractivity contribution < 1.29 is 18.0 Å². The number of carbonyl (C=O) groups is 2. The molecule has 0 bridgehead atoms. The number of carbonyl (C=O) groups excluding carboxylic acids is 2. The minimum absolute atomic E-state index is 0.00587. The minimum Gasteiger partial charge on any atom is -0.322 e. The lowest BCUT2D eigenvalue weighted by Crippen LogP contribution is -2.23. The highest BCUT2D eigenvalue weighted by Gasteiger charge is 2.22. The van der Waals surface area contributed by atoms with Gasteiger partial charge in [0.05, 0.1) is 5.02 Å². The number of hydrogen-bond acceptors (Lipinski definition) is 4. The zero-order valence-electron chi connectivity index (χ0n) is 17.8. The van der Waals surface area contributed by atoms with Crippen molar-refractivity contribution in [2.45, 2.75) is 24.7 Å². The van der Waals surface area contributed by atoms with E-state index in [2.05, 4.69) is 10.0 Å². The molecule has 1 fully saturated rings. The van der Waals surface area contributed by atoms with Crippen molar-refractivity contribution in [3.8, 4) is 0 Å².